The molecule has 0 saturated heterocycles. The predicted octanol–water partition coefficient (Wildman–Crippen LogP) is 0.629. The number of nitrogens with one attached hydrogen (secondary N) is 1. The van der Waals surface area contributed by atoms with E-state index in [9.17, 15) is 4.79 Å². The Kier molecular flexibility index (Phi) is 3.96. The molecule has 0 fully saturated rings. The second-order valence-electron chi connectivity index (χ2n) is 3.35. The number of amides is 1. The third-order valence-electron chi connectivity index (χ3n) is 1.91. The molecule has 0 aromatic rings. The number of hydrogen-bond donors (Lipinski definition) is 1. The molecule has 0 aromatic carbocycles. The van der Waals surface area contributed by atoms with Gasteiger partial charge >= 0.3 is 0 Å². The van der Waals surface area contributed by atoms with Crippen molar-refractivity contribution in [2.24, 2.45) is 0 Å². The van der Waals surface area contributed by atoms with Crippen LogP contribution in [0.25, 0.3) is 0 Å². The minimum Gasteiger partial charge on any atom is -0.340 e. The van der Waals surface area contributed by atoms with Gasteiger partial charge in [0.25, 0.3) is 0 Å². The highest BCUT2D eigenvalue weighted by molar-refractivity contribution is 5.85. The van der Waals surface area contributed by atoms with Gasteiger partial charge in [-0.1, -0.05) is 6.08 Å². The van der Waals surface area contributed by atoms with Crippen molar-refractivity contribution in [3.8, 4) is 0 Å². The molecule has 0 spiro atoms. The van der Waals surface area contributed by atoms with Crippen molar-refractivity contribution < 1.29 is 4.79 Å². The molecule has 0 aromatic heterocycles. The average Bonchev–Trinajstić information content (AvgIpc) is 2.03. The van der Waals surface area contributed by atoms with Gasteiger partial charge in [-0.2, -0.15) is 0 Å². The van der Waals surface area contributed by atoms with E-state index in [1.165, 1.54) is 0 Å². The Labute approximate surface area is 74.4 Å². The summed E-state index contributed by atoms with van der Waals surface area (Å²) in [4.78, 5) is 13.2. The van der Waals surface area contributed by atoms with E-state index in [4.69, 9.17) is 0 Å². The molecule has 0 aliphatic rings. The van der Waals surface area contributed by atoms with Gasteiger partial charge in [0.15, 0.2) is 0 Å². The van der Waals surface area contributed by atoms with Crippen LogP contribution in [0.1, 0.15) is 13.8 Å². The second-order valence-corrected chi connectivity index (χ2v) is 3.35. The summed E-state index contributed by atoms with van der Waals surface area (Å²) < 4.78 is 0. The van der Waals surface area contributed by atoms with Gasteiger partial charge in [-0.15, -0.1) is 6.58 Å². The first-order valence-electron chi connectivity index (χ1n) is 4.01. The van der Waals surface area contributed by atoms with Gasteiger partial charge < -0.3 is 10.2 Å². The van der Waals surface area contributed by atoms with Crippen LogP contribution in [-0.2, 0) is 4.79 Å². The first kappa shape index (κ1) is 11.2. The molecular formula is C9H18N2O. The molecule has 3 heteroatoms. The molecule has 0 aliphatic carbocycles. The Morgan fingerprint density at radius 2 is 2.17 bits per heavy atom. The maximum atomic E-state index is 11.6. The summed E-state index contributed by atoms with van der Waals surface area (Å²) in [7, 11) is 3.54. The maximum Gasteiger partial charge on any atom is 0.242 e. The topological polar surface area (TPSA) is 32.3 Å². The summed E-state index contributed by atoms with van der Waals surface area (Å²) in [5, 5.41) is 2.95. The highest BCUT2D eigenvalue weighted by Crippen LogP contribution is 2.05. The molecule has 70 valence electrons. The van der Waals surface area contributed by atoms with Crippen LogP contribution in [0, 0.1) is 0 Å². The molecule has 3 nitrogen and oxygen atoms in total. The molecule has 0 bridgehead atoms. The van der Waals surface area contributed by atoms with Crippen molar-refractivity contribution in [3.63, 3.8) is 0 Å². The van der Waals surface area contributed by atoms with Gasteiger partial charge in [0.05, 0.1) is 5.54 Å². The molecule has 12 heavy (non-hydrogen) atoms. The van der Waals surface area contributed by atoms with Crippen LogP contribution in [0.5, 0.6) is 0 Å². The van der Waals surface area contributed by atoms with E-state index < -0.39 is 5.54 Å². The number of nitrogens with zero attached hydrogens (tertiary/aromatic N) is 1. The van der Waals surface area contributed by atoms with E-state index in [2.05, 4.69) is 11.9 Å². The Balaban J connectivity index is 4.27. The lowest BCUT2D eigenvalue weighted by Crippen LogP contribution is -2.51. The first-order chi connectivity index (χ1) is 5.45. The predicted molar refractivity (Wildman–Crippen MR) is 51.0 cm³/mol. The zero-order valence-corrected chi connectivity index (χ0v) is 8.35. The lowest BCUT2D eigenvalue weighted by molar-refractivity contribution is -0.135. The van der Waals surface area contributed by atoms with E-state index in [1.54, 1.807) is 25.1 Å². The summed E-state index contributed by atoms with van der Waals surface area (Å²) in [6, 6.07) is 0. The molecule has 0 radical (unpaired) electrons. The monoisotopic (exact) mass is 170 g/mol. The van der Waals surface area contributed by atoms with Crippen molar-refractivity contribution in [2.75, 3.05) is 20.6 Å². The Hall–Kier alpha value is -0.830. The van der Waals surface area contributed by atoms with Gasteiger partial charge in [-0.05, 0) is 20.9 Å². The number of hydrogen-bond acceptors (Lipinski definition) is 2. The van der Waals surface area contributed by atoms with E-state index in [1.807, 2.05) is 13.8 Å². The first-order valence-corrected chi connectivity index (χ1v) is 4.01. The molecule has 0 atom stereocenters. The molecule has 0 unspecified atom stereocenters. The molecule has 1 amide bonds. The quantitative estimate of drug-likeness (QED) is 0.628. The highest BCUT2D eigenvalue weighted by atomic mass is 16.2. The Morgan fingerprint density at radius 1 is 1.67 bits per heavy atom. The third kappa shape index (κ3) is 2.66. The van der Waals surface area contributed by atoms with E-state index >= 15 is 0 Å². The number of carbonyl (C=O) groups is 1. The maximum absolute atomic E-state index is 11.6. The van der Waals surface area contributed by atoms with Crippen molar-refractivity contribution in [2.45, 2.75) is 19.4 Å². The minimum atomic E-state index is -0.488. The van der Waals surface area contributed by atoms with Crippen molar-refractivity contribution in [1.82, 2.24) is 10.2 Å². The number of rotatable bonds is 4. The Morgan fingerprint density at radius 3 is 2.50 bits per heavy atom. The van der Waals surface area contributed by atoms with Crippen molar-refractivity contribution in [3.05, 3.63) is 12.7 Å². The zero-order valence-electron chi connectivity index (χ0n) is 8.35. The van der Waals surface area contributed by atoms with Gasteiger partial charge in [0.2, 0.25) is 5.91 Å². The lowest BCUT2D eigenvalue weighted by atomic mass is 10.0. The summed E-state index contributed by atoms with van der Waals surface area (Å²) in [5.74, 6) is 0.0740. The van der Waals surface area contributed by atoms with E-state index in [0.717, 1.165) is 0 Å². The van der Waals surface area contributed by atoms with Crippen LogP contribution in [0.2, 0.25) is 0 Å². The van der Waals surface area contributed by atoms with E-state index in [0.29, 0.717) is 6.54 Å². The number of likely N-dealkylation sites (N-methyl/N-ethyl adjacent to an activating group) is 2. The summed E-state index contributed by atoms with van der Waals surface area (Å²) in [6.07, 6.45) is 1.71. The lowest BCUT2D eigenvalue weighted by Gasteiger charge is -2.28. The third-order valence-corrected chi connectivity index (χ3v) is 1.91. The van der Waals surface area contributed by atoms with Crippen LogP contribution < -0.4 is 5.32 Å². The molecule has 0 saturated carbocycles. The van der Waals surface area contributed by atoms with Crippen LogP contribution in [-0.4, -0.2) is 37.0 Å². The smallest absolute Gasteiger partial charge is 0.242 e. The van der Waals surface area contributed by atoms with Gasteiger partial charge in [-0.25, -0.2) is 0 Å². The molecule has 0 rings (SSSR count). The second kappa shape index (κ2) is 4.26. The fourth-order valence-corrected chi connectivity index (χ4v) is 0.861. The fraction of sp³-hybridized carbons (Fsp3) is 0.667. The van der Waals surface area contributed by atoms with Crippen LogP contribution in [0.15, 0.2) is 12.7 Å². The minimum absolute atomic E-state index is 0.0740. The average molecular weight is 170 g/mol. The Bertz CT molecular complexity index is 175. The largest absolute Gasteiger partial charge is 0.340 e. The summed E-state index contributed by atoms with van der Waals surface area (Å²) in [5.41, 5.74) is -0.488. The van der Waals surface area contributed by atoms with Crippen LogP contribution in [0.3, 0.4) is 0 Å². The zero-order chi connectivity index (χ0) is 9.78. The van der Waals surface area contributed by atoms with Crippen molar-refractivity contribution in [1.29, 1.82) is 0 Å². The van der Waals surface area contributed by atoms with Gasteiger partial charge in [0, 0.05) is 13.6 Å². The van der Waals surface area contributed by atoms with Crippen LogP contribution in [0.4, 0.5) is 0 Å². The van der Waals surface area contributed by atoms with Crippen molar-refractivity contribution >= 4 is 5.91 Å². The normalized spacial score (nSPS) is 11.0. The van der Waals surface area contributed by atoms with Gasteiger partial charge in [0.1, 0.15) is 0 Å². The van der Waals surface area contributed by atoms with Gasteiger partial charge in [-0.3, -0.25) is 4.79 Å². The fourth-order valence-electron chi connectivity index (χ4n) is 0.861. The summed E-state index contributed by atoms with van der Waals surface area (Å²) >= 11 is 0. The van der Waals surface area contributed by atoms with Crippen LogP contribution >= 0.6 is 0 Å². The standard InChI is InChI=1S/C9H18N2O/c1-6-7-11(5)8(12)9(2,3)10-4/h6,10H,1,7H2,2-5H3. The van der Waals surface area contributed by atoms with E-state index in [-0.39, 0.29) is 5.91 Å². The molecular weight excluding hydrogens is 152 g/mol. The molecule has 1 N–H and O–H groups in total. The SMILES string of the molecule is C=CCN(C)C(=O)C(C)(C)NC. The molecule has 0 heterocycles. The summed E-state index contributed by atoms with van der Waals surface area (Å²) in [6.45, 7) is 7.88. The highest BCUT2D eigenvalue weighted by Gasteiger charge is 2.27. The number of carbonyl (C=O) groups excluding carboxylic acids is 1. The molecule has 0 aliphatic heterocycles.